The van der Waals surface area contributed by atoms with Crippen LogP contribution in [0, 0.1) is 5.21 Å². The van der Waals surface area contributed by atoms with Crippen molar-refractivity contribution < 1.29 is 4.65 Å². The summed E-state index contributed by atoms with van der Waals surface area (Å²) < 4.78 is -0.0833. The molecule has 0 aromatic heterocycles. The minimum absolute atomic E-state index is 0.0833. The molecule has 0 atom stereocenters. The highest BCUT2D eigenvalue weighted by atomic mass is 16.6. The van der Waals surface area contributed by atoms with E-state index in [-0.39, 0.29) is 22.8 Å². The highest BCUT2D eigenvalue weighted by Crippen LogP contribution is 2.40. The molecule has 0 N–H and O–H groups in total. The number of hydroxylamine groups is 3. The molecule has 3 heterocycles. The Bertz CT molecular complexity index is 226. The quantitative estimate of drug-likeness (QED) is 0.286. The summed E-state index contributed by atoms with van der Waals surface area (Å²) in [6, 6.07) is 0.292. The average molecular weight is 147 g/mol. The van der Waals surface area contributed by atoms with E-state index in [9.17, 15) is 5.21 Å². The maximum absolute atomic E-state index is 12.1. The van der Waals surface area contributed by atoms with E-state index in [1.54, 1.807) is 0 Å². The lowest BCUT2D eigenvalue weighted by molar-refractivity contribution is -0.899. The van der Waals surface area contributed by atoms with E-state index in [1.165, 1.54) is 0 Å². The summed E-state index contributed by atoms with van der Waals surface area (Å²) in [6.07, 6.45) is 12.2. The fourth-order valence-corrected chi connectivity index (χ4v) is 2.28. The summed E-state index contributed by atoms with van der Waals surface area (Å²) in [5, 5.41) is 12.1. The van der Waals surface area contributed by atoms with E-state index in [4.69, 9.17) is 0 Å². The van der Waals surface area contributed by atoms with Gasteiger partial charge >= 0.3 is 0 Å². The molecule has 0 fully saturated rings. The highest BCUT2D eigenvalue weighted by Gasteiger charge is 2.47. The van der Waals surface area contributed by atoms with Crippen molar-refractivity contribution in [3.8, 4) is 0 Å². The normalized spacial score (nSPS) is 55.9. The third-order valence-corrected chi connectivity index (χ3v) is 2.91. The molecule has 0 aromatic carbocycles. The second-order valence-electron chi connectivity index (χ2n) is 3.39. The predicted molar refractivity (Wildman–Crippen MR) is 42.4 cm³/mol. The Morgan fingerprint density at radius 1 is 0.727 bits per heavy atom. The molecule has 0 radical (unpaired) electrons. The molecule has 2 heteroatoms. The minimum Gasteiger partial charge on any atom is -0.631 e. The summed E-state index contributed by atoms with van der Waals surface area (Å²) in [7, 11) is 0. The molecule has 0 spiro atoms. The molecule has 3 aliphatic heterocycles. The Balaban J connectivity index is 2.20. The first-order valence-corrected chi connectivity index (χ1v) is 3.96. The van der Waals surface area contributed by atoms with Crippen LogP contribution < -0.4 is 0 Å². The Hall–Kier alpha value is -0.860. The Kier molecular flexibility index (Phi) is 0.780. The van der Waals surface area contributed by atoms with Crippen LogP contribution in [0.25, 0.3) is 0 Å². The molecule has 11 heavy (non-hydrogen) atoms. The molecule has 0 bridgehead atoms. The Morgan fingerprint density at radius 3 is 1.27 bits per heavy atom. The van der Waals surface area contributed by atoms with E-state index in [2.05, 4.69) is 0 Å². The van der Waals surface area contributed by atoms with Gasteiger partial charge in [0.2, 0.25) is 0 Å². The first-order valence-electron chi connectivity index (χ1n) is 3.96. The number of hydrogen-bond donors (Lipinski definition) is 0. The van der Waals surface area contributed by atoms with Crippen LogP contribution in [0.1, 0.15) is 0 Å². The van der Waals surface area contributed by atoms with Crippen LogP contribution in [-0.2, 0) is 0 Å². The monoisotopic (exact) mass is 147 g/mol. The van der Waals surface area contributed by atoms with E-state index >= 15 is 0 Å². The first kappa shape index (κ1) is 5.75. The summed E-state index contributed by atoms with van der Waals surface area (Å²) in [4.78, 5) is 0. The first-order chi connectivity index (χ1) is 5.32. The second-order valence-corrected chi connectivity index (χ2v) is 3.39. The molecule has 2 nitrogen and oxygen atoms in total. The van der Waals surface area contributed by atoms with Gasteiger partial charge in [0, 0.05) is 0 Å². The van der Waals surface area contributed by atoms with E-state index in [0.29, 0.717) is 0 Å². The van der Waals surface area contributed by atoms with Gasteiger partial charge in [0.15, 0.2) is 0 Å². The largest absolute Gasteiger partial charge is 0.631 e. The van der Waals surface area contributed by atoms with Crippen molar-refractivity contribution in [3.05, 3.63) is 41.7 Å². The summed E-state index contributed by atoms with van der Waals surface area (Å²) in [6.45, 7) is 0. The molecular weight excluding hydrogens is 138 g/mol. The zero-order chi connectivity index (χ0) is 7.47. The molecule has 0 unspecified atom stereocenters. The van der Waals surface area contributed by atoms with Crippen molar-refractivity contribution in [2.75, 3.05) is 0 Å². The maximum Gasteiger partial charge on any atom is 0.128 e. The SMILES string of the molecule is [O-][N+]12C3C=CC1C=CC2C=C3. The summed E-state index contributed by atoms with van der Waals surface area (Å²) >= 11 is 0. The summed E-state index contributed by atoms with van der Waals surface area (Å²) in [5.41, 5.74) is 0. The van der Waals surface area contributed by atoms with E-state index in [0.717, 1.165) is 0 Å². The van der Waals surface area contributed by atoms with Crippen LogP contribution in [0.4, 0.5) is 0 Å². The third-order valence-electron chi connectivity index (χ3n) is 2.91. The zero-order valence-corrected chi connectivity index (χ0v) is 6.05. The molecule has 0 aromatic rings. The van der Waals surface area contributed by atoms with Gasteiger partial charge in [-0.25, -0.2) is 0 Å². The smallest absolute Gasteiger partial charge is 0.128 e. The van der Waals surface area contributed by atoms with Gasteiger partial charge in [-0.2, -0.15) is 0 Å². The predicted octanol–water partition coefficient (Wildman–Crippen LogP) is 1.12. The standard InChI is InChI=1S/C9H9NO/c11-10-7-1-2-8(10)5-6-9(10)4-3-7/h1-9H. The molecule has 3 aliphatic rings. The highest BCUT2D eigenvalue weighted by molar-refractivity contribution is 5.29. The third kappa shape index (κ3) is 0.451. The van der Waals surface area contributed by atoms with Crippen molar-refractivity contribution in [2.45, 2.75) is 18.1 Å². The van der Waals surface area contributed by atoms with Gasteiger partial charge in [0.1, 0.15) is 18.1 Å². The van der Waals surface area contributed by atoms with Crippen molar-refractivity contribution >= 4 is 0 Å². The number of quaternary nitrogens is 1. The van der Waals surface area contributed by atoms with Crippen molar-refractivity contribution in [2.24, 2.45) is 0 Å². The molecule has 0 aliphatic carbocycles. The molecule has 3 rings (SSSR count). The van der Waals surface area contributed by atoms with E-state index in [1.807, 2.05) is 36.5 Å². The fraction of sp³-hybridized carbons (Fsp3) is 0.333. The zero-order valence-electron chi connectivity index (χ0n) is 6.05. The Labute approximate surface area is 65.3 Å². The Morgan fingerprint density at radius 2 is 1.00 bits per heavy atom. The number of nitrogens with zero attached hydrogens (tertiary/aromatic N) is 1. The van der Waals surface area contributed by atoms with Gasteiger partial charge in [-0.05, 0) is 36.5 Å². The number of hydrogen-bond acceptors (Lipinski definition) is 1. The number of rotatable bonds is 0. The molecule has 0 amide bonds. The van der Waals surface area contributed by atoms with Gasteiger partial charge in [-0.15, -0.1) is 0 Å². The molecular formula is C9H9NO. The van der Waals surface area contributed by atoms with Gasteiger partial charge in [-0.1, -0.05) is 0 Å². The average Bonchev–Trinajstić information content (AvgIpc) is 2.53. The van der Waals surface area contributed by atoms with Crippen molar-refractivity contribution in [1.82, 2.24) is 0 Å². The van der Waals surface area contributed by atoms with E-state index < -0.39 is 0 Å². The lowest BCUT2D eigenvalue weighted by atomic mass is 10.3. The van der Waals surface area contributed by atoms with Gasteiger partial charge in [-0.3, -0.25) is 0 Å². The minimum atomic E-state index is -0.0833. The van der Waals surface area contributed by atoms with Gasteiger partial charge < -0.3 is 9.85 Å². The van der Waals surface area contributed by atoms with Gasteiger partial charge in [0.25, 0.3) is 0 Å². The second kappa shape index (κ2) is 1.49. The lowest BCUT2D eigenvalue weighted by Gasteiger charge is -2.44. The summed E-state index contributed by atoms with van der Waals surface area (Å²) in [5.74, 6) is 0. The molecule has 0 saturated carbocycles. The van der Waals surface area contributed by atoms with Crippen LogP contribution in [0.2, 0.25) is 0 Å². The molecule has 56 valence electrons. The fourth-order valence-electron chi connectivity index (χ4n) is 2.28. The van der Waals surface area contributed by atoms with Gasteiger partial charge in [0.05, 0.1) is 0 Å². The van der Waals surface area contributed by atoms with Crippen LogP contribution in [0.5, 0.6) is 0 Å². The van der Waals surface area contributed by atoms with Crippen LogP contribution in [0.15, 0.2) is 36.5 Å². The van der Waals surface area contributed by atoms with Crippen molar-refractivity contribution in [1.29, 1.82) is 0 Å². The topological polar surface area (TPSA) is 23.1 Å². The van der Waals surface area contributed by atoms with Crippen LogP contribution in [0.3, 0.4) is 0 Å². The maximum atomic E-state index is 12.1. The van der Waals surface area contributed by atoms with Crippen molar-refractivity contribution in [3.63, 3.8) is 0 Å². The molecule has 0 saturated heterocycles. The van der Waals surface area contributed by atoms with Crippen LogP contribution >= 0.6 is 0 Å². The lowest BCUT2D eigenvalue weighted by Crippen LogP contribution is -2.50. The van der Waals surface area contributed by atoms with Crippen LogP contribution in [-0.4, -0.2) is 22.8 Å².